The largest absolute Gasteiger partial charge is 0.469 e. The summed E-state index contributed by atoms with van der Waals surface area (Å²) in [6, 6.07) is 8.18. The van der Waals surface area contributed by atoms with Crippen LogP contribution in [0.2, 0.25) is 0 Å². The lowest BCUT2D eigenvalue weighted by molar-refractivity contribution is -0.140. The molecule has 2 aromatic rings. The molecule has 0 radical (unpaired) electrons. The van der Waals surface area contributed by atoms with Crippen LogP contribution in [0.1, 0.15) is 25.3 Å². The molecule has 1 amide bonds. The molecule has 0 unspecified atom stereocenters. The van der Waals surface area contributed by atoms with Crippen LogP contribution in [0.3, 0.4) is 0 Å². The summed E-state index contributed by atoms with van der Waals surface area (Å²) in [5.41, 5.74) is 2.21. The van der Waals surface area contributed by atoms with Gasteiger partial charge in [-0.05, 0) is 24.5 Å². The molecular formula is C21H29N5O4S. The molecule has 0 atom stereocenters. The monoisotopic (exact) mass is 447 g/mol. The van der Waals surface area contributed by atoms with Crippen LogP contribution in [0.5, 0.6) is 0 Å². The van der Waals surface area contributed by atoms with Gasteiger partial charge < -0.3 is 19.7 Å². The maximum Gasteiger partial charge on any atom is 0.305 e. The van der Waals surface area contributed by atoms with Gasteiger partial charge in [-0.3, -0.25) is 14.2 Å². The second-order valence-electron chi connectivity index (χ2n) is 7.02. The van der Waals surface area contributed by atoms with E-state index in [9.17, 15) is 9.59 Å². The second kappa shape index (κ2) is 11.7. The number of thioether (sulfide) groups is 1. The number of nitrogens with zero attached hydrogens (tertiary/aromatic N) is 4. The fraction of sp³-hybridized carbons (Fsp3) is 0.524. The van der Waals surface area contributed by atoms with Gasteiger partial charge in [-0.2, -0.15) is 0 Å². The molecular weight excluding hydrogens is 418 g/mol. The van der Waals surface area contributed by atoms with Crippen molar-refractivity contribution in [1.29, 1.82) is 0 Å². The average Bonchev–Trinajstić information content (AvgIpc) is 3.24. The van der Waals surface area contributed by atoms with E-state index in [1.54, 1.807) is 0 Å². The van der Waals surface area contributed by atoms with E-state index in [4.69, 9.17) is 4.74 Å². The number of carbonyl (C=O) groups excluding carboxylic acids is 2. The third-order valence-corrected chi connectivity index (χ3v) is 5.89. The highest BCUT2D eigenvalue weighted by molar-refractivity contribution is 7.99. The summed E-state index contributed by atoms with van der Waals surface area (Å²) < 4.78 is 12.1. The van der Waals surface area contributed by atoms with E-state index in [2.05, 4.69) is 44.2 Å². The number of hydrogen-bond donors (Lipinski definition) is 1. The maximum absolute atomic E-state index is 12.3. The highest BCUT2D eigenvalue weighted by Crippen LogP contribution is 2.29. The van der Waals surface area contributed by atoms with Crippen LogP contribution in [-0.4, -0.2) is 72.4 Å². The summed E-state index contributed by atoms with van der Waals surface area (Å²) in [6.07, 6.45) is 1.71. The van der Waals surface area contributed by atoms with Crippen molar-refractivity contribution in [2.45, 2.75) is 31.3 Å². The van der Waals surface area contributed by atoms with Gasteiger partial charge in [-0.15, -0.1) is 10.2 Å². The van der Waals surface area contributed by atoms with Crippen molar-refractivity contribution in [2.75, 3.05) is 50.6 Å². The number of para-hydroxylation sites is 1. The predicted octanol–water partition coefficient (Wildman–Crippen LogP) is 1.83. The van der Waals surface area contributed by atoms with Gasteiger partial charge in [0.15, 0.2) is 5.16 Å². The van der Waals surface area contributed by atoms with Crippen LogP contribution < -0.4 is 10.2 Å². The Labute approximate surface area is 186 Å². The van der Waals surface area contributed by atoms with Crippen molar-refractivity contribution >= 4 is 29.6 Å². The normalized spacial score (nSPS) is 13.8. The Morgan fingerprint density at radius 1 is 1.23 bits per heavy atom. The van der Waals surface area contributed by atoms with Gasteiger partial charge in [-0.25, -0.2) is 0 Å². The number of esters is 1. The zero-order valence-corrected chi connectivity index (χ0v) is 18.8. The smallest absolute Gasteiger partial charge is 0.305 e. The first-order valence-corrected chi connectivity index (χ1v) is 11.4. The molecule has 1 aromatic heterocycles. The zero-order chi connectivity index (χ0) is 22.1. The number of carbonyl (C=O) groups is 2. The Morgan fingerprint density at radius 2 is 2.00 bits per heavy atom. The van der Waals surface area contributed by atoms with Crippen LogP contribution >= 0.6 is 11.8 Å². The number of ether oxygens (including phenoxy) is 2. The molecule has 3 rings (SSSR count). The highest BCUT2D eigenvalue weighted by Gasteiger charge is 2.23. The molecule has 31 heavy (non-hydrogen) atoms. The maximum atomic E-state index is 12.3. The quantitative estimate of drug-likeness (QED) is 0.335. The van der Waals surface area contributed by atoms with Crippen molar-refractivity contribution in [3.8, 4) is 5.69 Å². The van der Waals surface area contributed by atoms with Gasteiger partial charge in [0.25, 0.3) is 0 Å². The molecule has 1 aliphatic rings. The molecule has 1 aromatic carbocycles. The minimum Gasteiger partial charge on any atom is -0.469 e. The Hall–Kier alpha value is -2.59. The number of amides is 1. The van der Waals surface area contributed by atoms with Crippen molar-refractivity contribution in [3.63, 3.8) is 0 Å². The van der Waals surface area contributed by atoms with Crippen LogP contribution in [0.4, 0.5) is 5.95 Å². The minimum absolute atomic E-state index is 0.110. The SMILES string of the molecule is CCc1ccccc1-n1c(SCC(=O)NCCCC(=O)OC)nnc1N1CCOCC1. The lowest BCUT2D eigenvalue weighted by atomic mass is 10.1. The van der Waals surface area contributed by atoms with E-state index < -0.39 is 0 Å². The van der Waals surface area contributed by atoms with Gasteiger partial charge in [0.05, 0.1) is 31.8 Å². The van der Waals surface area contributed by atoms with E-state index in [0.717, 1.165) is 31.1 Å². The fourth-order valence-corrected chi connectivity index (χ4v) is 4.08. The molecule has 0 saturated carbocycles. The number of methoxy groups -OCH3 is 1. The fourth-order valence-electron chi connectivity index (χ4n) is 3.31. The summed E-state index contributed by atoms with van der Waals surface area (Å²) in [7, 11) is 1.36. The average molecular weight is 448 g/mol. The minimum atomic E-state index is -0.276. The number of nitrogens with one attached hydrogen (secondary N) is 1. The molecule has 1 saturated heterocycles. The summed E-state index contributed by atoms with van der Waals surface area (Å²) in [5.74, 6) is 0.599. The summed E-state index contributed by atoms with van der Waals surface area (Å²) >= 11 is 1.35. The van der Waals surface area contributed by atoms with Crippen molar-refractivity contribution in [1.82, 2.24) is 20.1 Å². The topological polar surface area (TPSA) is 98.6 Å². The van der Waals surface area contributed by atoms with Crippen LogP contribution in [0.15, 0.2) is 29.4 Å². The van der Waals surface area contributed by atoms with E-state index in [-0.39, 0.29) is 24.1 Å². The molecule has 0 spiro atoms. The lowest BCUT2D eigenvalue weighted by Gasteiger charge is -2.28. The van der Waals surface area contributed by atoms with Gasteiger partial charge in [-0.1, -0.05) is 36.9 Å². The Balaban J connectivity index is 1.72. The Kier molecular flexibility index (Phi) is 8.72. The first-order chi connectivity index (χ1) is 15.1. The Morgan fingerprint density at radius 3 is 2.74 bits per heavy atom. The third kappa shape index (κ3) is 6.20. The molecule has 10 heteroatoms. The first kappa shape index (κ1) is 23.1. The molecule has 9 nitrogen and oxygen atoms in total. The third-order valence-electron chi connectivity index (χ3n) is 4.96. The van der Waals surface area contributed by atoms with E-state index >= 15 is 0 Å². The Bertz CT molecular complexity index is 882. The van der Waals surface area contributed by atoms with E-state index in [0.29, 0.717) is 31.3 Å². The second-order valence-corrected chi connectivity index (χ2v) is 7.96. The van der Waals surface area contributed by atoms with Gasteiger partial charge >= 0.3 is 5.97 Å². The number of benzene rings is 1. The summed E-state index contributed by atoms with van der Waals surface area (Å²) in [5, 5.41) is 12.4. The van der Waals surface area contributed by atoms with Gasteiger partial charge in [0.2, 0.25) is 11.9 Å². The van der Waals surface area contributed by atoms with E-state index in [1.165, 1.54) is 24.4 Å². The van der Waals surface area contributed by atoms with Crippen molar-refractivity contribution in [2.24, 2.45) is 0 Å². The van der Waals surface area contributed by atoms with Crippen LogP contribution in [0, 0.1) is 0 Å². The van der Waals surface area contributed by atoms with Gasteiger partial charge in [0, 0.05) is 26.1 Å². The molecule has 1 fully saturated rings. The zero-order valence-electron chi connectivity index (χ0n) is 18.0. The van der Waals surface area contributed by atoms with Crippen molar-refractivity contribution in [3.05, 3.63) is 29.8 Å². The van der Waals surface area contributed by atoms with Gasteiger partial charge in [0.1, 0.15) is 0 Å². The number of aromatic nitrogens is 3. The summed E-state index contributed by atoms with van der Waals surface area (Å²) in [4.78, 5) is 25.6. The predicted molar refractivity (Wildman–Crippen MR) is 119 cm³/mol. The van der Waals surface area contributed by atoms with Crippen LogP contribution in [0.25, 0.3) is 5.69 Å². The lowest BCUT2D eigenvalue weighted by Crippen LogP contribution is -2.38. The van der Waals surface area contributed by atoms with Crippen LogP contribution in [-0.2, 0) is 25.5 Å². The molecule has 1 aliphatic heterocycles. The molecule has 0 aliphatic carbocycles. The first-order valence-electron chi connectivity index (χ1n) is 10.5. The van der Waals surface area contributed by atoms with Crippen molar-refractivity contribution < 1.29 is 19.1 Å². The summed E-state index contributed by atoms with van der Waals surface area (Å²) in [6.45, 7) is 5.35. The number of hydrogen-bond acceptors (Lipinski definition) is 8. The molecule has 0 bridgehead atoms. The number of aryl methyl sites for hydroxylation is 1. The standard InChI is InChI=1S/C21H29N5O4S/c1-3-16-7-4-5-8-17(16)26-20(25-11-13-30-14-12-25)23-24-21(26)31-15-18(27)22-10-6-9-19(28)29-2/h4-5,7-8H,3,6,9-15H2,1-2H3,(H,22,27). The highest BCUT2D eigenvalue weighted by atomic mass is 32.2. The molecule has 168 valence electrons. The number of morpholine rings is 1. The molecule has 2 heterocycles. The molecule has 1 N–H and O–H groups in total. The number of rotatable bonds is 10. The van der Waals surface area contributed by atoms with E-state index in [1.807, 2.05) is 16.7 Å². The number of anilines is 1.